The first-order valence-corrected chi connectivity index (χ1v) is 13.1. The first kappa shape index (κ1) is 22.4. The number of ether oxygens (including phenoxy) is 1. The number of hydrogen-bond donors (Lipinski definition) is 0. The van der Waals surface area contributed by atoms with Gasteiger partial charge in [0.2, 0.25) is 0 Å². The maximum Gasteiger partial charge on any atom is 0.302 e. The van der Waals surface area contributed by atoms with Crippen LogP contribution in [0, 0.1) is 0 Å². The molecule has 1 aliphatic carbocycles. The molecule has 0 aromatic carbocycles. The van der Waals surface area contributed by atoms with E-state index in [1.54, 1.807) is 0 Å². The summed E-state index contributed by atoms with van der Waals surface area (Å²) in [6, 6.07) is 3.62. The van der Waals surface area contributed by atoms with Crippen LogP contribution in [0.2, 0.25) is 18.1 Å². The van der Waals surface area contributed by atoms with Gasteiger partial charge in [-0.1, -0.05) is 58.6 Å². The fraction of sp³-hybridized carbons (Fsp3) is 0.857. The molecule has 4 heteroatoms. The van der Waals surface area contributed by atoms with Crippen LogP contribution in [0.25, 0.3) is 0 Å². The third-order valence-electron chi connectivity index (χ3n) is 5.69. The summed E-state index contributed by atoms with van der Waals surface area (Å²) < 4.78 is 12.2. The van der Waals surface area contributed by atoms with E-state index < -0.39 is 8.32 Å². The molecule has 0 radical (unpaired) electrons. The summed E-state index contributed by atoms with van der Waals surface area (Å²) in [5.74, 6) is -0.149. The third-order valence-corrected chi connectivity index (χ3v) is 10.4. The lowest BCUT2D eigenvalue weighted by Crippen LogP contribution is -2.39. The van der Waals surface area contributed by atoms with E-state index in [4.69, 9.17) is 9.16 Å². The van der Waals surface area contributed by atoms with Crippen molar-refractivity contribution in [3.05, 3.63) is 12.2 Å². The van der Waals surface area contributed by atoms with Crippen LogP contribution in [-0.2, 0) is 14.0 Å². The molecule has 3 nitrogen and oxygen atoms in total. The van der Waals surface area contributed by atoms with Crippen molar-refractivity contribution in [3.8, 4) is 0 Å². The Kier molecular flexibility index (Phi) is 11.4. The van der Waals surface area contributed by atoms with Crippen molar-refractivity contribution in [2.24, 2.45) is 0 Å². The van der Waals surface area contributed by atoms with Gasteiger partial charge in [-0.2, -0.15) is 0 Å². The quantitative estimate of drug-likeness (QED) is 0.309. The topological polar surface area (TPSA) is 35.5 Å². The molecule has 0 bridgehead atoms. The zero-order valence-electron chi connectivity index (χ0n) is 17.0. The van der Waals surface area contributed by atoms with E-state index in [2.05, 4.69) is 32.9 Å². The molecule has 0 aliphatic heterocycles. The van der Waals surface area contributed by atoms with Crippen LogP contribution in [0.15, 0.2) is 12.2 Å². The van der Waals surface area contributed by atoms with Crippen LogP contribution >= 0.6 is 0 Å². The summed E-state index contributed by atoms with van der Waals surface area (Å²) in [5, 5.41) is 0. The van der Waals surface area contributed by atoms with Gasteiger partial charge in [0.15, 0.2) is 8.32 Å². The minimum Gasteiger partial charge on any atom is -0.463 e. The van der Waals surface area contributed by atoms with E-state index in [1.807, 2.05) is 0 Å². The fourth-order valence-corrected chi connectivity index (χ4v) is 6.63. The van der Waals surface area contributed by atoms with Crippen LogP contribution in [0.5, 0.6) is 0 Å². The second-order valence-electron chi connectivity index (χ2n) is 7.48. The zero-order chi connectivity index (χ0) is 18.5. The number of esters is 1. The van der Waals surface area contributed by atoms with Gasteiger partial charge >= 0.3 is 5.97 Å². The lowest BCUT2D eigenvalue weighted by atomic mass is 10.0. The molecule has 25 heavy (non-hydrogen) atoms. The van der Waals surface area contributed by atoms with E-state index in [1.165, 1.54) is 57.2 Å². The number of hydrogen-bond acceptors (Lipinski definition) is 3. The molecule has 0 aromatic rings. The maximum absolute atomic E-state index is 11.3. The Bertz CT molecular complexity index is 382. The van der Waals surface area contributed by atoms with Gasteiger partial charge in [-0.15, -0.1) is 0 Å². The van der Waals surface area contributed by atoms with Gasteiger partial charge in [0.05, 0.1) is 6.10 Å². The van der Waals surface area contributed by atoms with Crippen molar-refractivity contribution in [2.75, 3.05) is 0 Å². The Morgan fingerprint density at radius 2 is 1.56 bits per heavy atom. The standard InChI is InChI=1S/C21H40O3Si/c1-5-25(6-2,7-3)24-21-17-12-10-8-9-11-15-20(23-19(4)22)16-13-14-18-21/h14,18,20-21H,5-13,15-17H2,1-4H3/b18-14-. The molecule has 0 amide bonds. The number of carbonyl (C=O) groups excluding carboxylic acids is 1. The molecule has 0 saturated carbocycles. The van der Waals surface area contributed by atoms with Crippen LogP contribution < -0.4 is 0 Å². The highest BCUT2D eigenvalue weighted by atomic mass is 28.4. The minimum absolute atomic E-state index is 0.0812. The van der Waals surface area contributed by atoms with E-state index in [9.17, 15) is 4.79 Å². The van der Waals surface area contributed by atoms with Crippen molar-refractivity contribution in [1.82, 2.24) is 0 Å². The van der Waals surface area contributed by atoms with Gasteiger partial charge in [0.1, 0.15) is 6.10 Å². The van der Waals surface area contributed by atoms with Gasteiger partial charge in [-0.3, -0.25) is 4.79 Å². The number of rotatable bonds is 6. The largest absolute Gasteiger partial charge is 0.463 e. The summed E-state index contributed by atoms with van der Waals surface area (Å²) >= 11 is 0. The highest BCUT2D eigenvalue weighted by Crippen LogP contribution is 2.26. The summed E-state index contributed by atoms with van der Waals surface area (Å²) in [4.78, 5) is 11.3. The Morgan fingerprint density at radius 1 is 0.960 bits per heavy atom. The molecule has 0 N–H and O–H groups in total. The lowest BCUT2D eigenvalue weighted by Gasteiger charge is -2.32. The second kappa shape index (κ2) is 12.7. The molecule has 0 fully saturated rings. The molecular formula is C21H40O3Si. The normalized spacial score (nSPS) is 25.3. The van der Waals surface area contributed by atoms with Gasteiger partial charge in [-0.25, -0.2) is 0 Å². The van der Waals surface area contributed by atoms with E-state index >= 15 is 0 Å². The Balaban J connectivity index is 2.69. The van der Waals surface area contributed by atoms with Crippen molar-refractivity contribution >= 4 is 14.3 Å². The maximum atomic E-state index is 11.3. The first-order chi connectivity index (χ1) is 12.0. The molecule has 1 rings (SSSR count). The van der Waals surface area contributed by atoms with E-state index in [0.29, 0.717) is 0 Å². The van der Waals surface area contributed by atoms with Crippen molar-refractivity contribution in [1.29, 1.82) is 0 Å². The van der Waals surface area contributed by atoms with Crippen LogP contribution in [0.4, 0.5) is 0 Å². The van der Waals surface area contributed by atoms with E-state index in [-0.39, 0.29) is 18.2 Å². The van der Waals surface area contributed by atoms with Crippen LogP contribution in [0.3, 0.4) is 0 Å². The van der Waals surface area contributed by atoms with Crippen LogP contribution in [-0.4, -0.2) is 26.5 Å². The predicted octanol–water partition coefficient (Wildman–Crippen LogP) is 6.39. The zero-order valence-corrected chi connectivity index (χ0v) is 18.0. The monoisotopic (exact) mass is 368 g/mol. The van der Waals surface area contributed by atoms with Crippen molar-refractivity contribution < 1.29 is 14.0 Å². The molecule has 0 heterocycles. The molecule has 1 aliphatic rings. The van der Waals surface area contributed by atoms with Gasteiger partial charge < -0.3 is 9.16 Å². The van der Waals surface area contributed by atoms with E-state index in [0.717, 1.165) is 25.7 Å². The van der Waals surface area contributed by atoms with Crippen molar-refractivity contribution in [2.45, 2.75) is 116 Å². The van der Waals surface area contributed by atoms with Gasteiger partial charge in [0, 0.05) is 6.92 Å². The Labute approximate surface area is 156 Å². The highest BCUT2D eigenvalue weighted by Gasteiger charge is 2.31. The van der Waals surface area contributed by atoms with Gasteiger partial charge in [0.25, 0.3) is 0 Å². The van der Waals surface area contributed by atoms with Gasteiger partial charge in [-0.05, 0) is 50.2 Å². The lowest BCUT2D eigenvalue weighted by molar-refractivity contribution is -0.146. The molecule has 146 valence electrons. The summed E-state index contributed by atoms with van der Waals surface area (Å²) in [5.41, 5.74) is 0. The Morgan fingerprint density at radius 3 is 2.16 bits per heavy atom. The first-order valence-electron chi connectivity index (χ1n) is 10.6. The molecule has 0 spiro atoms. The summed E-state index contributed by atoms with van der Waals surface area (Å²) in [6.45, 7) is 8.41. The highest BCUT2D eigenvalue weighted by molar-refractivity contribution is 6.73. The van der Waals surface area contributed by atoms with Crippen molar-refractivity contribution in [3.63, 3.8) is 0 Å². The van der Waals surface area contributed by atoms with Crippen LogP contribution in [0.1, 0.15) is 85.5 Å². The average Bonchev–Trinajstić information content (AvgIpc) is 2.62. The minimum atomic E-state index is -1.56. The number of allylic oxidation sites excluding steroid dienone is 1. The molecule has 2 atom stereocenters. The SMILES string of the molecule is CC[Si](CC)(CC)OC1/C=C\CCC(OC(C)=O)CCCCCCC1. The smallest absolute Gasteiger partial charge is 0.302 e. The molecule has 0 saturated heterocycles. The summed E-state index contributed by atoms with van der Waals surface area (Å²) in [6.07, 6.45) is 15.2. The summed E-state index contributed by atoms with van der Waals surface area (Å²) in [7, 11) is -1.56. The fourth-order valence-electron chi connectivity index (χ4n) is 3.79. The number of carbonyl (C=O) groups is 1. The molecule has 0 aromatic heterocycles. The Hall–Kier alpha value is -0.613. The molecular weight excluding hydrogens is 328 g/mol. The second-order valence-corrected chi connectivity index (χ2v) is 12.2. The third kappa shape index (κ3) is 9.05. The molecule has 2 unspecified atom stereocenters. The predicted molar refractivity (Wildman–Crippen MR) is 108 cm³/mol. The average molecular weight is 369 g/mol.